The van der Waals surface area contributed by atoms with Crippen LogP contribution < -0.4 is 0 Å². The van der Waals surface area contributed by atoms with Gasteiger partial charge in [0.15, 0.2) is 0 Å². The smallest absolute Gasteiger partial charge is 0.223 e. The van der Waals surface area contributed by atoms with Gasteiger partial charge in [0.05, 0.1) is 12.6 Å². The van der Waals surface area contributed by atoms with Gasteiger partial charge in [-0.2, -0.15) is 4.31 Å². The molecular formula is C18H25N3O4S. The van der Waals surface area contributed by atoms with Crippen molar-refractivity contribution in [3.05, 3.63) is 30.1 Å². The molecule has 1 amide bonds. The maximum Gasteiger partial charge on any atom is 0.223 e. The van der Waals surface area contributed by atoms with Crippen molar-refractivity contribution in [2.24, 2.45) is 5.92 Å². The van der Waals surface area contributed by atoms with Gasteiger partial charge in [0.2, 0.25) is 15.9 Å². The van der Waals surface area contributed by atoms with E-state index in [0.29, 0.717) is 39.0 Å². The molecule has 3 atom stereocenters. The zero-order valence-electron chi connectivity index (χ0n) is 15.2. The summed E-state index contributed by atoms with van der Waals surface area (Å²) in [6.07, 6.45) is 4.13. The van der Waals surface area contributed by atoms with Crippen molar-refractivity contribution >= 4 is 15.9 Å². The molecule has 0 radical (unpaired) electrons. The molecule has 3 saturated heterocycles. The molecule has 4 rings (SSSR count). The minimum Gasteiger partial charge on any atom is -0.365 e. The maximum atomic E-state index is 13.1. The average molecular weight is 379 g/mol. The first kappa shape index (κ1) is 17.9. The summed E-state index contributed by atoms with van der Waals surface area (Å²) in [6, 6.07) is 3.67. The van der Waals surface area contributed by atoms with Crippen LogP contribution in [-0.2, 0) is 26.1 Å². The Hall–Kier alpha value is -1.51. The van der Waals surface area contributed by atoms with E-state index in [1.165, 1.54) is 4.31 Å². The molecule has 1 aromatic rings. The molecule has 8 heteroatoms. The molecule has 0 unspecified atom stereocenters. The summed E-state index contributed by atoms with van der Waals surface area (Å²) in [6.45, 7) is 5.50. The highest BCUT2D eigenvalue weighted by Crippen LogP contribution is 2.47. The molecule has 4 heterocycles. The third-order valence-corrected chi connectivity index (χ3v) is 7.85. The molecule has 0 aromatic carbocycles. The molecule has 1 spiro atoms. The third-order valence-electron chi connectivity index (χ3n) is 5.53. The van der Waals surface area contributed by atoms with Gasteiger partial charge in [-0.15, -0.1) is 0 Å². The predicted molar refractivity (Wildman–Crippen MR) is 95.6 cm³/mol. The number of sulfonamides is 1. The van der Waals surface area contributed by atoms with E-state index in [4.69, 9.17) is 4.74 Å². The number of carbonyl (C=O) groups is 1. The van der Waals surface area contributed by atoms with Crippen LogP contribution in [0, 0.1) is 5.92 Å². The number of aromatic nitrogens is 1. The number of pyridine rings is 1. The standard InChI is InChI=1S/C18H25N3O4S/c1-13(2)6-17(22)20-10-15-7-16-18(11-20,25-15)12-21(26(16,23)24)9-14-4-3-5-19-8-14/h3-5,8,13,15-16H,6-7,9-12H2,1-2H3/t15-,16+,18+/m1/s1. The lowest BCUT2D eigenvalue weighted by molar-refractivity contribution is -0.151. The number of hydrogen-bond donors (Lipinski definition) is 0. The van der Waals surface area contributed by atoms with Gasteiger partial charge in [0.1, 0.15) is 10.9 Å². The van der Waals surface area contributed by atoms with Gasteiger partial charge in [-0.1, -0.05) is 19.9 Å². The minimum absolute atomic E-state index is 0.0939. The second-order valence-corrected chi connectivity index (χ2v) is 10.2. The molecule has 142 valence electrons. The highest BCUT2D eigenvalue weighted by Gasteiger charge is 2.65. The van der Waals surface area contributed by atoms with E-state index >= 15 is 0 Å². The van der Waals surface area contributed by atoms with Crippen LogP contribution in [0.3, 0.4) is 0 Å². The Bertz CT molecular complexity index is 798. The van der Waals surface area contributed by atoms with Crippen LogP contribution in [-0.4, -0.2) is 65.1 Å². The Kier molecular flexibility index (Phi) is 4.32. The minimum atomic E-state index is -3.46. The Balaban J connectivity index is 1.57. The van der Waals surface area contributed by atoms with Crippen LogP contribution in [0.2, 0.25) is 0 Å². The Labute approximate surface area is 154 Å². The molecular weight excluding hydrogens is 354 g/mol. The van der Waals surface area contributed by atoms with Crippen molar-refractivity contribution < 1.29 is 17.9 Å². The lowest BCUT2D eigenvalue weighted by Gasteiger charge is -2.39. The maximum absolute atomic E-state index is 13.1. The predicted octanol–water partition coefficient (Wildman–Crippen LogP) is 1.01. The van der Waals surface area contributed by atoms with Crippen molar-refractivity contribution in [2.45, 2.75) is 50.2 Å². The van der Waals surface area contributed by atoms with E-state index in [9.17, 15) is 13.2 Å². The number of nitrogens with zero attached hydrogens (tertiary/aromatic N) is 3. The van der Waals surface area contributed by atoms with Crippen LogP contribution in [0.15, 0.2) is 24.5 Å². The van der Waals surface area contributed by atoms with Gasteiger partial charge in [0, 0.05) is 38.4 Å². The van der Waals surface area contributed by atoms with Crippen LogP contribution in [0.1, 0.15) is 32.3 Å². The average Bonchev–Trinajstić information content (AvgIpc) is 2.94. The Morgan fingerprint density at radius 1 is 1.42 bits per heavy atom. The van der Waals surface area contributed by atoms with Gasteiger partial charge in [-0.05, 0) is 24.0 Å². The number of morpholine rings is 1. The lowest BCUT2D eigenvalue weighted by Crippen LogP contribution is -2.56. The summed E-state index contributed by atoms with van der Waals surface area (Å²) < 4.78 is 33.9. The number of ether oxygens (including phenoxy) is 1. The second-order valence-electron chi connectivity index (χ2n) is 8.08. The number of fused-ring (bicyclic) bond motifs is 1. The SMILES string of the molecule is CC(C)CC(=O)N1C[C@H]2C[C@H]3[C@](C1)(CN(Cc1cccnc1)S3(=O)=O)O2. The molecule has 2 bridgehead atoms. The molecule has 7 nitrogen and oxygen atoms in total. The number of likely N-dealkylation sites (tertiary alicyclic amines) is 1. The van der Waals surface area contributed by atoms with E-state index in [0.717, 1.165) is 5.56 Å². The van der Waals surface area contributed by atoms with Crippen molar-refractivity contribution in [1.82, 2.24) is 14.2 Å². The number of rotatable bonds is 4. The molecule has 3 fully saturated rings. The summed E-state index contributed by atoms with van der Waals surface area (Å²) in [7, 11) is -3.46. The first-order valence-electron chi connectivity index (χ1n) is 9.14. The van der Waals surface area contributed by atoms with Gasteiger partial charge in [0.25, 0.3) is 0 Å². The fraction of sp³-hybridized carbons (Fsp3) is 0.667. The fourth-order valence-electron chi connectivity index (χ4n) is 4.45. The Morgan fingerprint density at radius 3 is 2.92 bits per heavy atom. The summed E-state index contributed by atoms with van der Waals surface area (Å²) in [5.41, 5.74) is 0.0592. The topological polar surface area (TPSA) is 79.8 Å². The fourth-order valence-corrected chi connectivity index (χ4v) is 6.75. The normalized spacial score (nSPS) is 32.8. The van der Waals surface area contributed by atoms with E-state index in [-0.39, 0.29) is 17.9 Å². The first-order valence-corrected chi connectivity index (χ1v) is 10.6. The first-order chi connectivity index (χ1) is 12.3. The summed E-state index contributed by atoms with van der Waals surface area (Å²) >= 11 is 0. The van der Waals surface area contributed by atoms with Crippen molar-refractivity contribution in [3.8, 4) is 0 Å². The van der Waals surface area contributed by atoms with Gasteiger partial charge >= 0.3 is 0 Å². The van der Waals surface area contributed by atoms with Crippen LogP contribution in [0.4, 0.5) is 0 Å². The highest BCUT2D eigenvalue weighted by atomic mass is 32.2. The zero-order chi connectivity index (χ0) is 18.5. The van der Waals surface area contributed by atoms with Crippen molar-refractivity contribution in [2.75, 3.05) is 19.6 Å². The number of hydrogen-bond acceptors (Lipinski definition) is 5. The summed E-state index contributed by atoms with van der Waals surface area (Å²) in [4.78, 5) is 18.4. The quantitative estimate of drug-likeness (QED) is 0.780. The van der Waals surface area contributed by atoms with E-state index in [1.54, 1.807) is 18.5 Å². The number of amides is 1. The third kappa shape index (κ3) is 2.93. The number of carbonyl (C=O) groups excluding carboxylic acids is 1. The van der Waals surface area contributed by atoms with Crippen LogP contribution in [0.5, 0.6) is 0 Å². The molecule has 1 aromatic heterocycles. The molecule has 3 aliphatic rings. The van der Waals surface area contributed by atoms with E-state index in [1.807, 2.05) is 24.8 Å². The molecule has 0 aliphatic carbocycles. The van der Waals surface area contributed by atoms with Gasteiger partial charge < -0.3 is 9.64 Å². The molecule has 3 aliphatic heterocycles. The Morgan fingerprint density at radius 2 is 2.23 bits per heavy atom. The van der Waals surface area contributed by atoms with Crippen molar-refractivity contribution in [3.63, 3.8) is 0 Å². The van der Waals surface area contributed by atoms with Crippen LogP contribution in [0.25, 0.3) is 0 Å². The summed E-state index contributed by atoms with van der Waals surface area (Å²) in [5, 5.41) is -0.562. The van der Waals surface area contributed by atoms with E-state index < -0.39 is 20.9 Å². The highest BCUT2D eigenvalue weighted by molar-refractivity contribution is 7.90. The van der Waals surface area contributed by atoms with Crippen LogP contribution >= 0.6 is 0 Å². The zero-order valence-corrected chi connectivity index (χ0v) is 16.0. The van der Waals surface area contributed by atoms with Gasteiger partial charge in [-0.25, -0.2) is 8.42 Å². The summed E-state index contributed by atoms with van der Waals surface area (Å²) in [5.74, 6) is 0.377. The van der Waals surface area contributed by atoms with Crippen molar-refractivity contribution in [1.29, 1.82) is 0 Å². The van der Waals surface area contributed by atoms with E-state index in [2.05, 4.69) is 4.98 Å². The molecule has 0 N–H and O–H groups in total. The van der Waals surface area contributed by atoms with Gasteiger partial charge in [-0.3, -0.25) is 9.78 Å². The molecule has 0 saturated carbocycles. The molecule has 26 heavy (non-hydrogen) atoms. The largest absolute Gasteiger partial charge is 0.365 e. The second kappa shape index (κ2) is 6.28. The lowest BCUT2D eigenvalue weighted by atomic mass is 9.98. The monoisotopic (exact) mass is 379 g/mol.